The molecule has 1 aliphatic heterocycles. The molecule has 9 heteroatoms. The van der Waals surface area contributed by atoms with Crippen molar-refractivity contribution in [2.24, 2.45) is 0 Å². The molecule has 1 N–H and O–H groups in total. The van der Waals surface area contributed by atoms with E-state index in [0.717, 1.165) is 41.2 Å². The quantitative estimate of drug-likeness (QED) is 0.451. The van der Waals surface area contributed by atoms with E-state index in [2.05, 4.69) is 31.6 Å². The van der Waals surface area contributed by atoms with Crippen LogP contribution in [0.4, 0.5) is 16.2 Å². The van der Waals surface area contributed by atoms with Crippen molar-refractivity contribution >= 4 is 17.5 Å². The molecule has 0 radical (unpaired) electrons. The molecular weight excluding hydrogens is 444 g/mol. The number of morpholine rings is 1. The zero-order valence-electron chi connectivity index (χ0n) is 19.4. The summed E-state index contributed by atoms with van der Waals surface area (Å²) in [5.74, 6) is 0. The Morgan fingerprint density at radius 2 is 1.91 bits per heavy atom. The van der Waals surface area contributed by atoms with E-state index in [1.807, 2.05) is 67.8 Å². The number of carbonyl (C=O) groups is 1. The van der Waals surface area contributed by atoms with Crippen molar-refractivity contribution in [3.63, 3.8) is 0 Å². The van der Waals surface area contributed by atoms with Gasteiger partial charge >= 0.3 is 6.09 Å². The standard InChI is InChI=1S/C26H26N6O3/c1-19-7-8-22(28-26(33)35-18-20-5-3-2-4-6-20)14-25(19)32-17-24(29-30-32)21-13-23(16-27-15-21)31-9-11-34-12-10-31/h2-8,13-17H,9-12,18H2,1H3,(H,28,33). The first-order valence-corrected chi connectivity index (χ1v) is 11.4. The molecule has 5 rings (SSSR count). The van der Waals surface area contributed by atoms with Gasteiger partial charge in [-0.2, -0.15) is 0 Å². The number of benzene rings is 2. The van der Waals surface area contributed by atoms with E-state index < -0.39 is 6.09 Å². The van der Waals surface area contributed by atoms with E-state index in [1.165, 1.54) is 0 Å². The van der Waals surface area contributed by atoms with Crippen LogP contribution < -0.4 is 10.2 Å². The van der Waals surface area contributed by atoms with E-state index in [9.17, 15) is 4.79 Å². The number of nitrogens with zero attached hydrogens (tertiary/aromatic N) is 5. The second kappa shape index (κ2) is 10.4. The predicted octanol–water partition coefficient (Wildman–Crippen LogP) is 4.22. The fourth-order valence-electron chi connectivity index (χ4n) is 3.89. The summed E-state index contributed by atoms with van der Waals surface area (Å²) in [6.45, 7) is 5.28. The van der Waals surface area contributed by atoms with Gasteiger partial charge in [0, 0.05) is 30.5 Å². The highest BCUT2D eigenvalue weighted by Gasteiger charge is 2.14. The number of amides is 1. The Morgan fingerprint density at radius 1 is 1.09 bits per heavy atom. The Balaban J connectivity index is 1.30. The molecule has 9 nitrogen and oxygen atoms in total. The fourth-order valence-corrected chi connectivity index (χ4v) is 3.89. The summed E-state index contributed by atoms with van der Waals surface area (Å²) in [5.41, 5.74) is 5.97. The van der Waals surface area contributed by atoms with Crippen molar-refractivity contribution in [1.29, 1.82) is 0 Å². The van der Waals surface area contributed by atoms with Gasteiger partial charge in [0.15, 0.2) is 0 Å². The molecule has 0 bridgehead atoms. The first-order chi connectivity index (χ1) is 17.2. The Kier molecular flexibility index (Phi) is 6.67. The number of hydrogen-bond donors (Lipinski definition) is 1. The zero-order valence-corrected chi connectivity index (χ0v) is 19.4. The average molecular weight is 471 g/mol. The summed E-state index contributed by atoms with van der Waals surface area (Å²) in [5, 5.41) is 11.5. The van der Waals surface area contributed by atoms with Gasteiger partial charge in [0.1, 0.15) is 12.3 Å². The number of pyridine rings is 1. The highest BCUT2D eigenvalue weighted by Crippen LogP contribution is 2.25. The molecule has 178 valence electrons. The van der Waals surface area contributed by atoms with Crippen LogP contribution in [-0.2, 0) is 16.1 Å². The van der Waals surface area contributed by atoms with Crippen LogP contribution in [0.25, 0.3) is 16.9 Å². The van der Waals surface area contributed by atoms with Crippen molar-refractivity contribution in [3.05, 3.63) is 84.3 Å². The van der Waals surface area contributed by atoms with Gasteiger partial charge in [0.25, 0.3) is 0 Å². The second-order valence-electron chi connectivity index (χ2n) is 8.27. The molecule has 0 atom stereocenters. The molecule has 2 aromatic heterocycles. The van der Waals surface area contributed by atoms with Crippen LogP contribution in [-0.4, -0.2) is 52.4 Å². The number of rotatable bonds is 6. The van der Waals surface area contributed by atoms with Gasteiger partial charge in [-0.05, 0) is 36.2 Å². The van der Waals surface area contributed by atoms with Gasteiger partial charge in [-0.3, -0.25) is 10.3 Å². The van der Waals surface area contributed by atoms with Gasteiger partial charge in [-0.1, -0.05) is 41.6 Å². The molecule has 0 spiro atoms. The van der Waals surface area contributed by atoms with Crippen LogP contribution in [0.1, 0.15) is 11.1 Å². The lowest BCUT2D eigenvalue weighted by Crippen LogP contribution is -2.36. The van der Waals surface area contributed by atoms with E-state index in [-0.39, 0.29) is 6.61 Å². The van der Waals surface area contributed by atoms with Crippen LogP contribution in [0.15, 0.2) is 73.2 Å². The minimum atomic E-state index is -0.520. The van der Waals surface area contributed by atoms with Crippen LogP contribution >= 0.6 is 0 Å². The molecule has 35 heavy (non-hydrogen) atoms. The predicted molar refractivity (Wildman–Crippen MR) is 133 cm³/mol. The van der Waals surface area contributed by atoms with Crippen molar-refractivity contribution in [2.75, 3.05) is 36.5 Å². The summed E-state index contributed by atoms with van der Waals surface area (Å²) in [6.07, 6.45) is 4.98. The third-order valence-corrected chi connectivity index (χ3v) is 5.80. The molecule has 3 heterocycles. The van der Waals surface area contributed by atoms with Gasteiger partial charge in [0.2, 0.25) is 0 Å². The Hall–Kier alpha value is -4.24. The lowest BCUT2D eigenvalue weighted by atomic mass is 10.1. The third-order valence-electron chi connectivity index (χ3n) is 5.80. The first-order valence-electron chi connectivity index (χ1n) is 11.4. The molecule has 0 unspecified atom stereocenters. The molecule has 2 aromatic carbocycles. The second-order valence-corrected chi connectivity index (χ2v) is 8.27. The highest BCUT2D eigenvalue weighted by atomic mass is 16.5. The monoisotopic (exact) mass is 470 g/mol. The maximum absolute atomic E-state index is 12.3. The molecule has 1 aliphatic rings. The Labute approximate surface area is 203 Å². The minimum Gasteiger partial charge on any atom is -0.444 e. The van der Waals surface area contributed by atoms with Gasteiger partial charge in [0.05, 0.1) is 37.0 Å². The molecular formula is C26H26N6O3. The molecule has 1 amide bonds. The summed E-state index contributed by atoms with van der Waals surface area (Å²) < 4.78 is 12.5. The van der Waals surface area contributed by atoms with Gasteiger partial charge in [-0.25, -0.2) is 9.48 Å². The summed E-state index contributed by atoms with van der Waals surface area (Å²) >= 11 is 0. The molecule has 4 aromatic rings. The smallest absolute Gasteiger partial charge is 0.411 e. The molecule has 1 fully saturated rings. The molecule has 1 saturated heterocycles. The number of aromatic nitrogens is 4. The Morgan fingerprint density at radius 3 is 2.74 bits per heavy atom. The van der Waals surface area contributed by atoms with Crippen molar-refractivity contribution < 1.29 is 14.3 Å². The summed E-state index contributed by atoms with van der Waals surface area (Å²) in [6, 6.07) is 17.2. The topological polar surface area (TPSA) is 94.4 Å². The third kappa shape index (κ3) is 5.47. The van der Waals surface area contributed by atoms with Crippen LogP contribution in [0, 0.1) is 6.92 Å². The van der Waals surface area contributed by atoms with Crippen molar-refractivity contribution in [3.8, 4) is 16.9 Å². The Bertz CT molecular complexity index is 1300. The van der Waals surface area contributed by atoms with E-state index in [4.69, 9.17) is 9.47 Å². The van der Waals surface area contributed by atoms with Crippen molar-refractivity contribution in [1.82, 2.24) is 20.0 Å². The molecule has 0 aliphatic carbocycles. The number of nitrogens with one attached hydrogen (secondary N) is 1. The first kappa shape index (κ1) is 22.5. The van der Waals surface area contributed by atoms with Crippen LogP contribution in [0.2, 0.25) is 0 Å². The normalized spacial score (nSPS) is 13.5. The number of carbonyl (C=O) groups excluding carboxylic acids is 1. The maximum Gasteiger partial charge on any atom is 0.411 e. The minimum absolute atomic E-state index is 0.204. The lowest BCUT2D eigenvalue weighted by molar-refractivity contribution is 0.122. The number of anilines is 2. The average Bonchev–Trinajstić information content (AvgIpc) is 3.40. The van der Waals surface area contributed by atoms with Crippen LogP contribution in [0.3, 0.4) is 0 Å². The van der Waals surface area contributed by atoms with Gasteiger partial charge < -0.3 is 14.4 Å². The summed E-state index contributed by atoms with van der Waals surface area (Å²) in [7, 11) is 0. The maximum atomic E-state index is 12.3. The lowest BCUT2D eigenvalue weighted by Gasteiger charge is -2.28. The summed E-state index contributed by atoms with van der Waals surface area (Å²) in [4.78, 5) is 18.9. The SMILES string of the molecule is Cc1ccc(NC(=O)OCc2ccccc2)cc1-n1cc(-c2cncc(N3CCOCC3)c2)nn1. The number of aryl methyl sites for hydroxylation is 1. The van der Waals surface area contributed by atoms with Gasteiger partial charge in [-0.15, -0.1) is 5.10 Å². The van der Waals surface area contributed by atoms with E-state index in [1.54, 1.807) is 10.9 Å². The fraction of sp³-hybridized carbons (Fsp3) is 0.231. The number of ether oxygens (including phenoxy) is 2. The van der Waals surface area contributed by atoms with E-state index in [0.29, 0.717) is 24.6 Å². The highest BCUT2D eigenvalue weighted by molar-refractivity contribution is 5.85. The largest absolute Gasteiger partial charge is 0.444 e. The van der Waals surface area contributed by atoms with Crippen LogP contribution in [0.5, 0.6) is 0 Å². The number of hydrogen-bond acceptors (Lipinski definition) is 7. The molecule has 0 saturated carbocycles. The zero-order chi connectivity index (χ0) is 24.0. The van der Waals surface area contributed by atoms with Crippen molar-refractivity contribution in [2.45, 2.75) is 13.5 Å². The van der Waals surface area contributed by atoms with E-state index >= 15 is 0 Å².